The Hall–Kier alpha value is -1.27. The summed E-state index contributed by atoms with van der Waals surface area (Å²) in [4.78, 5) is 0. The van der Waals surface area contributed by atoms with E-state index < -0.39 is 0 Å². The van der Waals surface area contributed by atoms with Gasteiger partial charge in [-0.25, -0.2) is 4.68 Å². The average Bonchev–Trinajstić information content (AvgIpc) is 2.64. The van der Waals surface area contributed by atoms with Gasteiger partial charge in [0.2, 0.25) is 0 Å². The summed E-state index contributed by atoms with van der Waals surface area (Å²) in [7, 11) is 3.26. The molecule has 1 aromatic rings. The van der Waals surface area contributed by atoms with Crippen LogP contribution in [0.4, 0.5) is 11.5 Å². The minimum absolute atomic E-state index is 0.0774. The van der Waals surface area contributed by atoms with E-state index in [4.69, 9.17) is 15.2 Å². The smallest absolute Gasteiger partial charge is 0.179 e. The third-order valence-electron chi connectivity index (χ3n) is 2.65. The van der Waals surface area contributed by atoms with E-state index in [9.17, 15) is 0 Å². The van der Waals surface area contributed by atoms with Gasteiger partial charge < -0.3 is 20.5 Å². The summed E-state index contributed by atoms with van der Waals surface area (Å²) in [5.74, 6) is 0.852. The first-order valence-corrected chi connectivity index (χ1v) is 4.90. The first-order valence-electron chi connectivity index (χ1n) is 4.90. The highest BCUT2D eigenvalue weighted by Gasteiger charge is 2.29. The molecule has 0 bridgehead atoms. The van der Waals surface area contributed by atoms with Gasteiger partial charge in [0.15, 0.2) is 6.29 Å². The van der Waals surface area contributed by atoms with Crippen LogP contribution in [0.5, 0.6) is 0 Å². The van der Waals surface area contributed by atoms with Crippen molar-refractivity contribution in [3.8, 4) is 0 Å². The molecule has 2 heterocycles. The molecule has 0 fully saturated rings. The van der Waals surface area contributed by atoms with E-state index in [0.717, 1.165) is 18.8 Å². The van der Waals surface area contributed by atoms with Gasteiger partial charge in [0.1, 0.15) is 11.9 Å². The average molecular weight is 212 g/mol. The number of hydrogen-bond donors (Lipinski definition) is 2. The Morgan fingerprint density at radius 1 is 1.60 bits per heavy atom. The molecular formula is C9H16N4O2. The molecule has 1 aliphatic rings. The van der Waals surface area contributed by atoms with Crippen LogP contribution in [0.15, 0.2) is 6.20 Å². The van der Waals surface area contributed by atoms with Gasteiger partial charge >= 0.3 is 0 Å². The Bertz CT molecular complexity index is 335. The van der Waals surface area contributed by atoms with Crippen molar-refractivity contribution in [1.82, 2.24) is 9.78 Å². The molecule has 0 radical (unpaired) electrons. The van der Waals surface area contributed by atoms with E-state index in [2.05, 4.69) is 10.4 Å². The topological polar surface area (TPSA) is 74.3 Å². The van der Waals surface area contributed by atoms with Crippen molar-refractivity contribution < 1.29 is 9.47 Å². The number of nitrogens with two attached hydrogens (primary N) is 1. The zero-order chi connectivity index (χ0) is 10.8. The summed E-state index contributed by atoms with van der Waals surface area (Å²) in [6.45, 7) is 0.851. The van der Waals surface area contributed by atoms with Crippen molar-refractivity contribution in [2.75, 3.05) is 31.8 Å². The second kappa shape index (κ2) is 4.08. The maximum Gasteiger partial charge on any atom is 0.179 e. The number of nitrogens with zero attached hydrogens (tertiary/aromatic N) is 2. The van der Waals surface area contributed by atoms with Crippen LogP contribution in [0.3, 0.4) is 0 Å². The van der Waals surface area contributed by atoms with E-state index in [1.165, 1.54) is 0 Å². The van der Waals surface area contributed by atoms with E-state index in [1.54, 1.807) is 20.4 Å². The molecular weight excluding hydrogens is 196 g/mol. The summed E-state index contributed by atoms with van der Waals surface area (Å²) in [5.41, 5.74) is 6.44. The molecule has 2 rings (SSSR count). The van der Waals surface area contributed by atoms with Gasteiger partial charge in [0.25, 0.3) is 0 Å². The number of fused-ring (bicyclic) bond motifs is 1. The molecule has 84 valence electrons. The Labute approximate surface area is 88.3 Å². The van der Waals surface area contributed by atoms with Crippen LogP contribution in [0.2, 0.25) is 0 Å². The molecule has 0 amide bonds. The number of anilines is 2. The minimum Gasteiger partial charge on any atom is -0.394 e. The molecule has 6 nitrogen and oxygen atoms in total. The fourth-order valence-electron chi connectivity index (χ4n) is 1.93. The van der Waals surface area contributed by atoms with Crippen LogP contribution in [0.25, 0.3) is 0 Å². The molecule has 1 unspecified atom stereocenters. The Balaban J connectivity index is 2.29. The van der Waals surface area contributed by atoms with E-state index >= 15 is 0 Å². The van der Waals surface area contributed by atoms with E-state index in [0.29, 0.717) is 5.69 Å². The second-order valence-corrected chi connectivity index (χ2v) is 3.52. The third kappa shape index (κ3) is 1.66. The first-order chi connectivity index (χ1) is 7.27. The highest BCUT2D eigenvalue weighted by molar-refractivity contribution is 5.61. The van der Waals surface area contributed by atoms with Crippen LogP contribution in [0.1, 0.15) is 12.5 Å². The summed E-state index contributed by atoms with van der Waals surface area (Å²) in [5, 5.41) is 7.43. The van der Waals surface area contributed by atoms with Crippen molar-refractivity contribution in [3.05, 3.63) is 6.20 Å². The number of methoxy groups -OCH3 is 2. The van der Waals surface area contributed by atoms with Crippen molar-refractivity contribution in [3.63, 3.8) is 0 Å². The van der Waals surface area contributed by atoms with Crippen LogP contribution < -0.4 is 11.1 Å². The number of rotatable bonds is 3. The number of ether oxygens (including phenoxy) is 2. The molecule has 0 aromatic carbocycles. The maximum atomic E-state index is 5.78. The van der Waals surface area contributed by atoms with Gasteiger partial charge in [-0.2, -0.15) is 5.10 Å². The number of nitrogens with one attached hydrogen (secondary N) is 1. The SMILES string of the molecule is COC(OC)C1CCNc2c(N)cnn21. The molecule has 0 saturated carbocycles. The zero-order valence-corrected chi connectivity index (χ0v) is 8.93. The highest BCUT2D eigenvalue weighted by atomic mass is 16.7. The summed E-state index contributed by atoms with van der Waals surface area (Å²) >= 11 is 0. The van der Waals surface area contributed by atoms with Crippen LogP contribution in [-0.2, 0) is 9.47 Å². The molecule has 3 N–H and O–H groups in total. The lowest BCUT2D eigenvalue weighted by molar-refractivity contribution is -0.135. The number of hydrogen-bond acceptors (Lipinski definition) is 5. The standard InChI is InChI=1S/C9H16N4O2/c1-14-9(15-2)7-3-4-11-8-6(10)5-12-13(7)8/h5,7,9,11H,3-4,10H2,1-2H3. The summed E-state index contributed by atoms with van der Waals surface area (Å²) < 4.78 is 12.3. The lowest BCUT2D eigenvalue weighted by Crippen LogP contribution is -2.34. The van der Waals surface area contributed by atoms with Gasteiger partial charge in [-0.3, -0.25) is 0 Å². The molecule has 6 heteroatoms. The Kier molecular flexibility index (Phi) is 2.79. The Morgan fingerprint density at radius 2 is 2.33 bits per heavy atom. The van der Waals surface area contributed by atoms with Crippen molar-refractivity contribution in [2.45, 2.75) is 18.8 Å². The van der Waals surface area contributed by atoms with Gasteiger partial charge in [-0.1, -0.05) is 0 Å². The molecule has 1 aliphatic heterocycles. The van der Waals surface area contributed by atoms with Crippen molar-refractivity contribution in [1.29, 1.82) is 0 Å². The fraction of sp³-hybridized carbons (Fsp3) is 0.667. The quantitative estimate of drug-likeness (QED) is 0.711. The van der Waals surface area contributed by atoms with Crippen LogP contribution in [0, 0.1) is 0 Å². The summed E-state index contributed by atoms with van der Waals surface area (Å²) in [6.07, 6.45) is 2.26. The van der Waals surface area contributed by atoms with Crippen LogP contribution in [-0.4, -0.2) is 36.8 Å². The van der Waals surface area contributed by atoms with Crippen molar-refractivity contribution >= 4 is 11.5 Å². The van der Waals surface area contributed by atoms with E-state index in [1.807, 2.05) is 4.68 Å². The lowest BCUT2D eigenvalue weighted by Gasteiger charge is -2.30. The zero-order valence-electron chi connectivity index (χ0n) is 8.93. The van der Waals surface area contributed by atoms with Crippen molar-refractivity contribution in [2.24, 2.45) is 0 Å². The summed E-state index contributed by atoms with van der Waals surface area (Å²) in [6, 6.07) is 0.0774. The predicted octanol–water partition coefficient (Wildman–Crippen LogP) is 0.441. The monoisotopic (exact) mass is 212 g/mol. The number of nitrogen functional groups attached to an aromatic ring is 1. The molecule has 1 atom stereocenters. The first kappa shape index (κ1) is 10.3. The second-order valence-electron chi connectivity index (χ2n) is 3.52. The largest absolute Gasteiger partial charge is 0.394 e. The van der Waals surface area contributed by atoms with Gasteiger partial charge in [-0.05, 0) is 6.42 Å². The maximum absolute atomic E-state index is 5.78. The molecule has 15 heavy (non-hydrogen) atoms. The normalized spacial score (nSPS) is 20.1. The fourth-order valence-corrected chi connectivity index (χ4v) is 1.93. The molecule has 0 aliphatic carbocycles. The predicted molar refractivity (Wildman–Crippen MR) is 56.6 cm³/mol. The third-order valence-corrected chi connectivity index (χ3v) is 2.65. The van der Waals surface area contributed by atoms with Gasteiger partial charge in [0, 0.05) is 20.8 Å². The molecule has 1 aromatic heterocycles. The van der Waals surface area contributed by atoms with E-state index in [-0.39, 0.29) is 12.3 Å². The van der Waals surface area contributed by atoms with Gasteiger partial charge in [0.05, 0.1) is 11.9 Å². The Morgan fingerprint density at radius 3 is 3.00 bits per heavy atom. The molecule has 0 spiro atoms. The van der Waals surface area contributed by atoms with Gasteiger partial charge in [-0.15, -0.1) is 0 Å². The van der Waals surface area contributed by atoms with Crippen LogP contribution >= 0.6 is 0 Å². The highest BCUT2D eigenvalue weighted by Crippen LogP contribution is 2.30. The lowest BCUT2D eigenvalue weighted by atomic mass is 10.1. The number of aromatic nitrogens is 2. The molecule has 0 saturated heterocycles. The minimum atomic E-state index is -0.287.